The van der Waals surface area contributed by atoms with Crippen LogP contribution in [0.2, 0.25) is 0 Å². The van der Waals surface area contributed by atoms with Gasteiger partial charge in [-0.15, -0.1) is 0 Å². The van der Waals surface area contributed by atoms with Gasteiger partial charge in [0.25, 0.3) is 15.9 Å². The largest absolute Gasteiger partial charge is 0.344 e. The van der Waals surface area contributed by atoms with Crippen molar-refractivity contribution in [3.05, 3.63) is 84.1 Å². The molecule has 1 aliphatic heterocycles. The number of benzene rings is 2. The minimum atomic E-state index is -3.94. The quantitative estimate of drug-likeness (QED) is 0.449. The van der Waals surface area contributed by atoms with E-state index in [-0.39, 0.29) is 24.5 Å². The molecule has 1 saturated heterocycles. The van der Waals surface area contributed by atoms with Gasteiger partial charge in [-0.1, -0.05) is 54.1 Å². The van der Waals surface area contributed by atoms with Crippen molar-refractivity contribution in [2.75, 3.05) is 13.1 Å². The molecule has 1 aromatic heterocycles. The first kappa shape index (κ1) is 27.2. The first-order valence-corrected chi connectivity index (χ1v) is 13.8. The molecular formula is C28H30N4O5S. The number of amides is 2. The molecule has 2 aromatic carbocycles. The van der Waals surface area contributed by atoms with Crippen molar-refractivity contribution in [3.8, 4) is 0 Å². The number of allylic oxidation sites excluding steroid dienone is 1. The van der Waals surface area contributed by atoms with Gasteiger partial charge in [0.15, 0.2) is 10.8 Å². The van der Waals surface area contributed by atoms with Crippen molar-refractivity contribution in [2.45, 2.75) is 43.8 Å². The van der Waals surface area contributed by atoms with E-state index in [2.05, 4.69) is 15.6 Å². The zero-order valence-electron chi connectivity index (χ0n) is 21.3. The van der Waals surface area contributed by atoms with Crippen LogP contribution in [-0.4, -0.2) is 60.5 Å². The number of ketones is 1. The van der Waals surface area contributed by atoms with Crippen LogP contribution in [0.3, 0.4) is 0 Å². The maximum atomic E-state index is 13.3. The fourth-order valence-electron chi connectivity index (χ4n) is 4.41. The van der Waals surface area contributed by atoms with Crippen LogP contribution in [0, 0.1) is 0 Å². The van der Waals surface area contributed by atoms with E-state index in [9.17, 15) is 22.8 Å². The minimum absolute atomic E-state index is 0.130. The van der Waals surface area contributed by atoms with Crippen molar-refractivity contribution < 1.29 is 22.8 Å². The van der Waals surface area contributed by atoms with Crippen molar-refractivity contribution in [1.29, 1.82) is 0 Å². The summed E-state index contributed by atoms with van der Waals surface area (Å²) in [5.41, 5.74) is 1.24. The van der Waals surface area contributed by atoms with Crippen molar-refractivity contribution in [1.82, 2.24) is 19.9 Å². The molecule has 198 valence electrons. The van der Waals surface area contributed by atoms with E-state index in [0.717, 1.165) is 20.7 Å². The molecule has 3 aromatic rings. The molecule has 2 N–H and O–H groups in total. The van der Waals surface area contributed by atoms with E-state index in [1.807, 2.05) is 44.2 Å². The monoisotopic (exact) mass is 534 g/mol. The van der Waals surface area contributed by atoms with Gasteiger partial charge in [0, 0.05) is 18.3 Å². The molecular weight excluding hydrogens is 504 g/mol. The number of carbonyl (C=O) groups is 3. The molecule has 0 radical (unpaired) electrons. The van der Waals surface area contributed by atoms with Crippen LogP contribution in [0.15, 0.2) is 83.5 Å². The Bertz CT molecular complexity index is 1480. The summed E-state index contributed by atoms with van der Waals surface area (Å²) < 4.78 is 27.0. The van der Waals surface area contributed by atoms with Crippen LogP contribution in [0.5, 0.6) is 0 Å². The summed E-state index contributed by atoms with van der Waals surface area (Å²) in [5.74, 6) is -1.38. The Labute approximate surface area is 222 Å². The van der Waals surface area contributed by atoms with E-state index in [1.165, 1.54) is 12.3 Å². The number of hydrogen-bond acceptors (Lipinski definition) is 6. The number of pyridine rings is 1. The smallest absolute Gasteiger partial charge is 0.260 e. The number of nitrogens with one attached hydrogen (secondary N) is 2. The Morgan fingerprint density at radius 3 is 2.53 bits per heavy atom. The lowest BCUT2D eigenvalue weighted by atomic mass is 10.0. The van der Waals surface area contributed by atoms with Crippen molar-refractivity contribution in [3.63, 3.8) is 0 Å². The zero-order chi connectivity index (χ0) is 27.3. The Balaban J connectivity index is 1.48. The highest BCUT2D eigenvalue weighted by Crippen LogP contribution is 2.20. The van der Waals surface area contributed by atoms with Crippen LogP contribution >= 0.6 is 0 Å². The summed E-state index contributed by atoms with van der Waals surface area (Å²) in [6.45, 7) is 3.37. The standard InChI is InChI=1S/C28H30N4O5S/c1-19(2)17-24(31-27(34)22-12-7-10-20-9-3-4-11-21(20)22)28(35)30-23-13-8-16-32(18-25(23)33)38(36,37)26-14-5-6-15-29-26/h3-7,9-12,14-15,17,23-24H,8,13,16,18H2,1-2H3,(H,30,35)(H,31,34)/t23-,24-/m0/s1. The van der Waals surface area contributed by atoms with E-state index in [1.54, 1.807) is 30.3 Å². The number of carbonyl (C=O) groups excluding carboxylic acids is 3. The molecule has 2 heterocycles. The molecule has 0 spiro atoms. The number of aromatic nitrogens is 1. The molecule has 9 nitrogen and oxygen atoms in total. The number of rotatable bonds is 7. The molecule has 38 heavy (non-hydrogen) atoms. The third kappa shape index (κ3) is 6.15. The lowest BCUT2D eigenvalue weighted by molar-refractivity contribution is -0.128. The second-order valence-corrected chi connectivity index (χ2v) is 11.3. The Morgan fingerprint density at radius 2 is 1.79 bits per heavy atom. The fraction of sp³-hybridized carbons (Fsp3) is 0.286. The predicted molar refractivity (Wildman–Crippen MR) is 144 cm³/mol. The van der Waals surface area contributed by atoms with Gasteiger partial charge < -0.3 is 10.6 Å². The summed E-state index contributed by atoms with van der Waals surface area (Å²) in [4.78, 5) is 43.4. The van der Waals surface area contributed by atoms with Crippen LogP contribution in [0.1, 0.15) is 37.0 Å². The number of fused-ring (bicyclic) bond motifs is 1. The molecule has 0 bridgehead atoms. The van der Waals surface area contributed by atoms with Gasteiger partial charge in [-0.25, -0.2) is 13.4 Å². The molecule has 1 fully saturated rings. The van der Waals surface area contributed by atoms with E-state index in [0.29, 0.717) is 12.0 Å². The van der Waals surface area contributed by atoms with Gasteiger partial charge in [-0.05, 0) is 55.7 Å². The molecule has 4 rings (SSSR count). The van der Waals surface area contributed by atoms with Gasteiger partial charge in [-0.3, -0.25) is 14.4 Å². The molecule has 2 atom stereocenters. The number of sulfonamides is 1. The Kier molecular flexibility index (Phi) is 8.33. The molecule has 0 unspecified atom stereocenters. The lowest BCUT2D eigenvalue weighted by Crippen LogP contribution is -2.51. The second kappa shape index (κ2) is 11.7. The molecule has 2 amide bonds. The predicted octanol–water partition coefficient (Wildman–Crippen LogP) is 2.84. The van der Waals surface area contributed by atoms with E-state index < -0.39 is 39.7 Å². The fourth-order valence-corrected chi connectivity index (χ4v) is 5.78. The van der Waals surface area contributed by atoms with Crippen LogP contribution in [0.25, 0.3) is 10.8 Å². The van der Waals surface area contributed by atoms with Crippen LogP contribution in [-0.2, 0) is 19.6 Å². The molecule has 1 aliphatic rings. The average Bonchev–Trinajstić information content (AvgIpc) is 3.09. The lowest BCUT2D eigenvalue weighted by Gasteiger charge is -2.21. The molecule has 0 saturated carbocycles. The van der Waals surface area contributed by atoms with E-state index in [4.69, 9.17) is 0 Å². The van der Waals surface area contributed by atoms with Gasteiger partial charge in [0.2, 0.25) is 5.91 Å². The maximum Gasteiger partial charge on any atom is 0.260 e. The summed E-state index contributed by atoms with van der Waals surface area (Å²) in [6, 6.07) is 15.5. The van der Waals surface area contributed by atoms with E-state index >= 15 is 0 Å². The maximum absolute atomic E-state index is 13.3. The summed E-state index contributed by atoms with van der Waals surface area (Å²) in [5, 5.41) is 7.04. The first-order chi connectivity index (χ1) is 18.2. The van der Waals surface area contributed by atoms with Gasteiger partial charge in [0.05, 0.1) is 12.6 Å². The Morgan fingerprint density at radius 1 is 1.05 bits per heavy atom. The molecule has 10 heteroatoms. The Hall–Kier alpha value is -3.89. The highest BCUT2D eigenvalue weighted by atomic mass is 32.2. The normalized spacial score (nSPS) is 17.3. The van der Waals surface area contributed by atoms with Crippen LogP contribution in [0.4, 0.5) is 0 Å². The highest BCUT2D eigenvalue weighted by Gasteiger charge is 2.34. The highest BCUT2D eigenvalue weighted by molar-refractivity contribution is 7.89. The molecule has 0 aliphatic carbocycles. The van der Waals surface area contributed by atoms with Gasteiger partial charge in [0.1, 0.15) is 6.04 Å². The van der Waals surface area contributed by atoms with Crippen molar-refractivity contribution in [2.24, 2.45) is 0 Å². The average molecular weight is 535 g/mol. The minimum Gasteiger partial charge on any atom is -0.344 e. The van der Waals surface area contributed by atoms with Crippen molar-refractivity contribution >= 4 is 38.4 Å². The SMILES string of the molecule is CC(C)=C[C@H](NC(=O)c1cccc2ccccc12)C(=O)N[C@H]1CCCN(S(=O)(=O)c2ccccn2)CC1=O. The topological polar surface area (TPSA) is 126 Å². The third-order valence-electron chi connectivity index (χ3n) is 6.28. The number of Topliss-reactive ketones (excluding diaryl/α,β-unsaturated/α-hetero) is 1. The number of nitrogens with zero attached hydrogens (tertiary/aromatic N) is 2. The number of hydrogen-bond donors (Lipinski definition) is 2. The first-order valence-electron chi connectivity index (χ1n) is 12.3. The summed E-state index contributed by atoms with van der Waals surface area (Å²) >= 11 is 0. The van der Waals surface area contributed by atoms with Gasteiger partial charge >= 0.3 is 0 Å². The summed E-state index contributed by atoms with van der Waals surface area (Å²) in [6.07, 6.45) is 3.65. The second-order valence-electron chi connectivity index (χ2n) is 9.40. The van der Waals surface area contributed by atoms with Gasteiger partial charge in [-0.2, -0.15) is 4.31 Å². The third-order valence-corrected chi connectivity index (χ3v) is 8.04. The summed E-state index contributed by atoms with van der Waals surface area (Å²) in [7, 11) is -3.94. The van der Waals surface area contributed by atoms with Crippen LogP contribution < -0.4 is 10.6 Å². The zero-order valence-corrected chi connectivity index (χ0v) is 22.1.